The first-order valence-corrected chi connectivity index (χ1v) is 11.1. The standard InChI is InChI=1S/C27H26N2O6/c1-16-13-17(25(30)28-24(15-34-2)26(31)32)11-12-23(16)29-27(33)35-14-22-20-9-5-3-7-18(20)19-8-4-6-10-21(19)22/h3-13,22,24H,14-15H2,1-2H3,(H,28,30)(H,29,33)(H,31,32). The van der Waals surface area contributed by atoms with Crippen LogP contribution in [-0.2, 0) is 14.3 Å². The van der Waals surface area contributed by atoms with E-state index < -0.39 is 24.0 Å². The van der Waals surface area contributed by atoms with Gasteiger partial charge in [0, 0.05) is 24.3 Å². The summed E-state index contributed by atoms with van der Waals surface area (Å²) in [7, 11) is 1.36. The molecule has 0 aliphatic heterocycles. The smallest absolute Gasteiger partial charge is 0.411 e. The maximum Gasteiger partial charge on any atom is 0.411 e. The van der Waals surface area contributed by atoms with Gasteiger partial charge in [0.05, 0.1) is 6.61 Å². The number of rotatable bonds is 8. The number of fused-ring (bicyclic) bond motifs is 3. The van der Waals surface area contributed by atoms with E-state index in [0.717, 1.165) is 22.3 Å². The van der Waals surface area contributed by atoms with E-state index in [1.54, 1.807) is 19.1 Å². The van der Waals surface area contributed by atoms with Gasteiger partial charge < -0.3 is 19.9 Å². The van der Waals surface area contributed by atoms with E-state index in [2.05, 4.69) is 34.9 Å². The molecule has 3 aromatic rings. The fraction of sp³-hybridized carbons (Fsp3) is 0.222. The van der Waals surface area contributed by atoms with Crippen molar-refractivity contribution < 1.29 is 29.0 Å². The zero-order valence-corrected chi connectivity index (χ0v) is 19.4. The lowest BCUT2D eigenvalue weighted by atomic mass is 9.98. The van der Waals surface area contributed by atoms with Crippen molar-refractivity contribution in [2.45, 2.75) is 18.9 Å². The van der Waals surface area contributed by atoms with Crippen molar-refractivity contribution in [1.82, 2.24) is 5.32 Å². The zero-order valence-electron chi connectivity index (χ0n) is 19.4. The van der Waals surface area contributed by atoms with Gasteiger partial charge in [-0.15, -0.1) is 0 Å². The van der Waals surface area contributed by atoms with E-state index in [4.69, 9.17) is 9.47 Å². The third kappa shape index (κ3) is 5.17. The van der Waals surface area contributed by atoms with Gasteiger partial charge in [0.15, 0.2) is 6.04 Å². The van der Waals surface area contributed by atoms with E-state index >= 15 is 0 Å². The molecule has 1 aliphatic rings. The number of ether oxygens (including phenoxy) is 2. The topological polar surface area (TPSA) is 114 Å². The summed E-state index contributed by atoms with van der Waals surface area (Å²) in [5, 5.41) is 14.3. The van der Waals surface area contributed by atoms with Gasteiger partial charge in [-0.2, -0.15) is 0 Å². The Labute approximate surface area is 202 Å². The molecule has 0 bridgehead atoms. The van der Waals surface area contributed by atoms with Crippen LogP contribution in [0.4, 0.5) is 10.5 Å². The highest BCUT2D eigenvalue weighted by molar-refractivity contribution is 5.97. The highest BCUT2D eigenvalue weighted by atomic mass is 16.5. The Morgan fingerprint density at radius 3 is 2.17 bits per heavy atom. The Bertz CT molecular complexity index is 1230. The summed E-state index contributed by atoms with van der Waals surface area (Å²) >= 11 is 0. The van der Waals surface area contributed by atoms with Crippen LogP contribution >= 0.6 is 0 Å². The number of methoxy groups -OCH3 is 1. The van der Waals surface area contributed by atoms with Crippen molar-refractivity contribution in [2.75, 3.05) is 25.6 Å². The monoisotopic (exact) mass is 474 g/mol. The Morgan fingerprint density at radius 2 is 1.60 bits per heavy atom. The Balaban J connectivity index is 1.39. The lowest BCUT2D eigenvalue weighted by Crippen LogP contribution is -2.43. The summed E-state index contributed by atoms with van der Waals surface area (Å²) in [6.07, 6.45) is -0.599. The number of anilines is 1. The Hall–Kier alpha value is -4.17. The molecular formula is C27H26N2O6. The number of carbonyl (C=O) groups is 3. The predicted molar refractivity (Wildman–Crippen MR) is 131 cm³/mol. The lowest BCUT2D eigenvalue weighted by molar-refractivity contribution is -0.140. The molecule has 0 saturated carbocycles. The summed E-state index contributed by atoms with van der Waals surface area (Å²) in [5.74, 6) is -1.79. The number of carbonyl (C=O) groups excluding carboxylic acids is 2. The first-order chi connectivity index (χ1) is 16.9. The Morgan fingerprint density at radius 1 is 0.971 bits per heavy atom. The average molecular weight is 475 g/mol. The maximum absolute atomic E-state index is 12.6. The molecule has 8 heteroatoms. The summed E-state index contributed by atoms with van der Waals surface area (Å²) in [6, 6.07) is 19.7. The number of amides is 2. The van der Waals surface area contributed by atoms with Crippen LogP contribution in [0.5, 0.6) is 0 Å². The summed E-state index contributed by atoms with van der Waals surface area (Å²) in [4.78, 5) is 36.2. The third-order valence-electron chi connectivity index (χ3n) is 6.01. The van der Waals surface area contributed by atoms with Crippen molar-refractivity contribution in [2.24, 2.45) is 0 Å². The molecule has 3 aromatic carbocycles. The SMILES string of the molecule is COCC(NC(=O)c1ccc(NC(=O)OCC2c3ccccc3-c3ccccc32)c(C)c1)C(=O)O. The first-order valence-electron chi connectivity index (χ1n) is 11.1. The molecule has 180 valence electrons. The second-order valence-corrected chi connectivity index (χ2v) is 8.30. The average Bonchev–Trinajstić information content (AvgIpc) is 3.17. The second kappa shape index (κ2) is 10.4. The Kier molecular flexibility index (Phi) is 7.12. The van der Waals surface area contributed by atoms with Gasteiger partial charge >= 0.3 is 12.1 Å². The van der Waals surface area contributed by atoms with Crippen LogP contribution < -0.4 is 10.6 Å². The minimum atomic E-state index is -1.19. The van der Waals surface area contributed by atoms with Crippen LogP contribution in [0.15, 0.2) is 66.7 Å². The molecule has 35 heavy (non-hydrogen) atoms. The van der Waals surface area contributed by atoms with E-state index in [1.165, 1.54) is 13.2 Å². The molecule has 0 fully saturated rings. The largest absolute Gasteiger partial charge is 0.480 e. The third-order valence-corrected chi connectivity index (χ3v) is 6.01. The minimum absolute atomic E-state index is 0.0467. The van der Waals surface area contributed by atoms with Gasteiger partial charge in [-0.3, -0.25) is 10.1 Å². The van der Waals surface area contributed by atoms with Gasteiger partial charge in [0.1, 0.15) is 6.61 Å². The lowest BCUT2D eigenvalue weighted by Gasteiger charge is -2.16. The highest BCUT2D eigenvalue weighted by Crippen LogP contribution is 2.44. The second-order valence-electron chi connectivity index (χ2n) is 8.30. The first kappa shape index (κ1) is 24.0. The number of nitrogens with one attached hydrogen (secondary N) is 2. The highest BCUT2D eigenvalue weighted by Gasteiger charge is 2.29. The van der Waals surface area contributed by atoms with Crippen molar-refractivity contribution in [1.29, 1.82) is 0 Å². The number of hydrogen-bond acceptors (Lipinski definition) is 5. The van der Waals surface area contributed by atoms with Gasteiger partial charge in [-0.25, -0.2) is 9.59 Å². The molecule has 3 N–H and O–H groups in total. The number of benzene rings is 3. The van der Waals surface area contributed by atoms with Crippen LogP contribution in [-0.4, -0.2) is 49.4 Å². The summed E-state index contributed by atoms with van der Waals surface area (Å²) in [6.45, 7) is 1.77. The van der Waals surface area contributed by atoms with Crippen LogP contribution in [0.3, 0.4) is 0 Å². The molecule has 0 saturated heterocycles. The molecule has 8 nitrogen and oxygen atoms in total. The minimum Gasteiger partial charge on any atom is -0.480 e. The number of carboxylic acids is 1. The fourth-order valence-electron chi connectivity index (χ4n) is 4.27. The van der Waals surface area contributed by atoms with Gasteiger partial charge in [-0.1, -0.05) is 48.5 Å². The van der Waals surface area contributed by atoms with Gasteiger partial charge in [0.2, 0.25) is 0 Å². The molecule has 1 unspecified atom stereocenters. The molecule has 0 radical (unpaired) electrons. The molecule has 1 aliphatic carbocycles. The number of hydrogen-bond donors (Lipinski definition) is 3. The molecule has 4 rings (SSSR count). The predicted octanol–water partition coefficient (Wildman–Crippen LogP) is 4.19. The normalized spacial score (nSPS) is 12.9. The zero-order chi connectivity index (χ0) is 24.9. The fourth-order valence-corrected chi connectivity index (χ4v) is 4.27. The van der Waals surface area contributed by atoms with Crippen LogP contribution in [0.1, 0.15) is 33.0 Å². The van der Waals surface area contributed by atoms with E-state index in [9.17, 15) is 19.5 Å². The molecule has 0 spiro atoms. The summed E-state index contributed by atoms with van der Waals surface area (Å²) < 4.78 is 10.4. The quantitative estimate of drug-likeness (QED) is 0.451. The van der Waals surface area contributed by atoms with Crippen LogP contribution in [0, 0.1) is 6.92 Å². The molecule has 1 atom stereocenters. The van der Waals surface area contributed by atoms with Crippen molar-refractivity contribution in [3.8, 4) is 11.1 Å². The number of carboxylic acid groups (broad SMARTS) is 1. The van der Waals surface area contributed by atoms with Crippen molar-refractivity contribution >= 4 is 23.7 Å². The van der Waals surface area contributed by atoms with E-state index in [0.29, 0.717) is 11.3 Å². The number of aryl methyl sites for hydroxylation is 1. The van der Waals surface area contributed by atoms with Crippen LogP contribution in [0.25, 0.3) is 11.1 Å². The molecule has 2 amide bonds. The van der Waals surface area contributed by atoms with Crippen LogP contribution in [0.2, 0.25) is 0 Å². The van der Waals surface area contributed by atoms with E-state index in [-0.39, 0.29) is 24.7 Å². The van der Waals surface area contributed by atoms with Gasteiger partial charge in [0.25, 0.3) is 5.91 Å². The van der Waals surface area contributed by atoms with Crippen molar-refractivity contribution in [3.63, 3.8) is 0 Å². The van der Waals surface area contributed by atoms with Gasteiger partial charge in [-0.05, 0) is 52.9 Å². The van der Waals surface area contributed by atoms with Crippen molar-refractivity contribution in [3.05, 3.63) is 89.0 Å². The summed E-state index contributed by atoms with van der Waals surface area (Å²) in [5.41, 5.74) is 5.94. The molecule has 0 aromatic heterocycles. The van der Waals surface area contributed by atoms with E-state index in [1.807, 2.05) is 24.3 Å². The molecular weight excluding hydrogens is 448 g/mol. The molecule has 0 heterocycles. The maximum atomic E-state index is 12.6. The number of aliphatic carboxylic acids is 1.